The van der Waals surface area contributed by atoms with E-state index in [1.807, 2.05) is 29.2 Å². The molecule has 2 fully saturated rings. The van der Waals surface area contributed by atoms with Gasteiger partial charge in [0.25, 0.3) is 5.91 Å². The molecule has 4 rings (SSSR count). The Balaban J connectivity index is 1.27. The number of nitrogens with zero attached hydrogens (tertiary/aromatic N) is 2. The maximum absolute atomic E-state index is 13.1. The quantitative estimate of drug-likeness (QED) is 0.633. The monoisotopic (exact) mass is 453 g/mol. The zero-order valence-corrected chi connectivity index (χ0v) is 19.4. The number of benzene rings is 2. The van der Waals surface area contributed by atoms with Gasteiger partial charge in [-0.3, -0.25) is 4.79 Å². The molecule has 6 heteroatoms. The Kier molecular flexibility index (Phi) is 8.35. The Bertz CT molecular complexity index is 890. The molecule has 2 aromatic rings. The number of para-hydroxylation sites is 1. The molecule has 2 aliphatic rings. The van der Waals surface area contributed by atoms with Crippen molar-refractivity contribution in [1.29, 1.82) is 0 Å². The minimum absolute atomic E-state index is 0.167. The summed E-state index contributed by atoms with van der Waals surface area (Å²) in [5, 5.41) is 14.1. The molecule has 0 aliphatic carbocycles. The summed E-state index contributed by atoms with van der Waals surface area (Å²) in [6.07, 6.45) is 5.24. The second-order valence-corrected chi connectivity index (χ2v) is 9.49. The largest absolute Gasteiger partial charge is 0.383 e. The summed E-state index contributed by atoms with van der Waals surface area (Å²) >= 11 is 0. The van der Waals surface area contributed by atoms with Gasteiger partial charge in [-0.2, -0.15) is 0 Å². The number of aliphatic hydroxyl groups excluding tert-OH is 1. The molecule has 33 heavy (non-hydrogen) atoms. The highest BCUT2D eigenvalue weighted by Gasteiger charge is 2.28. The summed E-state index contributed by atoms with van der Waals surface area (Å²) in [5.74, 6) is 0.233. The van der Waals surface area contributed by atoms with Crippen LogP contribution >= 0.6 is 0 Å². The van der Waals surface area contributed by atoms with Crippen LogP contribution in [0.2, 0.25) is 0 Å². The van der Waals surface area contributed by atoms with Gasteiger partial charge in [0.2, 0.25) is 0 Å². The van der Waals surface area contributed by atoms with Crippen LogP contribution in [0.5, 0.6) is 0 Å². The predicted octanol–water partition coefficient (Wildman–Crippen LogP) is 4.07. The third kappa shape index (κ3) is 6.78. The lowest BCUT2D eigenvalue weighted by molar-refractivity contribution is -0.141. The molecule has 2 N–H and O–H groups in total. The first kappa shape index (κ1) is 23.7. The normalized spacial score (nSPS) is 18.8. The van der Waals surface area contributed by atoms with Gasteiger partial charge in [-0.25, -0.2) is 4.39 Å². The average Bonchev–Trinajstić information content (AvgIpc) is 2.85. The number of amides is 1. The van der Waals surface area contributed by atoms with Gasteiger partial charge < -0.3 is 20.2 Å². The third-order valence-corrected chi connectivity index (χ3v) is 7.00. The molecule has 5 nitrogen and oxygen atoms in total. The first-order valence-electron chi connectivity index (χ1n) is 12.3. The van der Waals surface area contributed by atoms with E-state index in [2.05, 4.69) is 10.2 Å². The summed E-state index contributed by atoms with van der Waals surface area (Å²) < 4.78 is 13.1. The van der Waals surface area contributed by atoms with E-state index in [0.29, 0.717) is 12.5 Å². The molecule has 1 unspecified atom stereocenters. The Labute approximate surface area is 196 Å². The van der Waals surface area contributed by atoms with Crippen LogP contribution in [0.4, 0.5) is 10.1 Å². The Morgan fingerprint density at radius 2 is 1.70 bits per heavy atom. The lowest BCUT2D eigenvalue weighted by atomic mass is 9.94. The van der Waals surface area contributed by atoms with Gasteiger partial charge >= 0.3 is 0 Å². The van der Waals surface area contributed by atoms with E-state index < -0.39 is 6.10 Å². The van der Waals surface area contributed by atoms with Crippen LogP contribution in [-0.2, 0) is 17.8 Å². The van der Waals surface area contributed by atoms with E-state index in [1.54, 1.807) is 12.1 Å². The number of piperidine rings is 2. The molecule has 0 bridgehead atoms. The highest BCUT2D eigenvalue weighted by Crippen LogP contribution is 2.23. The Morgan fingerprint density at radius 3 is 2.42 bits per heavy atom. The van der Waals surface area contributed by atoms with Crippen LogP contribution < -0.4 is 5.32 Å². The van der Waals surface area contributed by atoms with Gasteiger partial charge in [0.05, 0.1) is 0 Å². The second kappa shape index (κ2) is 11.6. The lowest BCUT2D eigenvalue weighted by Crippen LogP contribution is -2.46. The second-order valence-electron chi connectivity index (χ2n) is 9.49. The number of carbonyl (C=O) groups excluding carboxylic acids is 1. The number of hydrogen-bond acceptors (Lipinski definition) is 4. The van der Waals surface area contributed by atoms with Crippen molar-refractivity contribution in [2.24, 2.45) is 5.92 Å². The smallest absolute Gasteiger partial charge is 0.251 e. The van der Waals surface area contributed by atoms with E-state index in [9.17, 15) is 14.3 Å². The Hall–Kier alpha value is -2.44. The first-order chi connectivity index (χ1) is 16.1. The summed E-state index contributed by atoms with van der Waals surface area (Å²) in [6, 6.07) is 14.1. The molecule has 178 valence electrons. The number of aliphatic hydroxyl groups is 1. The molecule has 0 spiro atoms. The molecule has 1 atom stereocenters. The maximum Gasteiger partial charge on any atom is 0.251 e. The highest BCUT2D eigenvalue weighted by molar-refractivity contribution is 5.81. The number of nitrogens with one attached hydrogen (secondary N) is 1. The fourth-order valence-electron chi connectivity index (χ4n) is 5.02. The van der Waals surface area contributed by atoms with Crippen molar-refractivity contribution in [3.63, 3.8) is 0 Å². The van der Waals surface area contributed by atoms with E-state index >= 15 is 0 Å². The van der Waals surface area contributed by atoms with Crippen molar-refractivity contribution in [2.45, 2.75) is 51.2 Å². The summed E-state index contributed by atoms with van der Waals surface area (Å²) in [7, 11) is 0. The molecular weight excluding hydrogens is 417 g/mol. The molecule has 0 aromatic heterocycles. The Morgan fingerprint density at radius 1 is 1.00 bits per heavy atom. The standard InChI is InChI=1S/C27H36FN3O2/c28-24-10-8-21(9-11-24)19-29-25-7-3-2-6-23(25)18-26(32)27(33)31-16-12-22(13-17-31)20-30-14-4-1-5-15-30/h2-3,6-11,22,26,29,32H,1,4-5,12-20H2. The van der Waals surface area contributed by atoms with Crippen molar-refractivity contribution in [3.05, 3.63) is 65.5 Å². The highest BCUT2D eigenvalue weighted by atomic mass is 19.1. The van der Waals surface area contributed by atoms with Gasteiger partial charge in [-0.05, 0) is 74.0 Å². The summed E-state index contributed by atoms with van der Waals surface area (Å²) in [6.45, 7) is 5.60. The minimum atomic E-state index is -1.04. The number of hydrogen-bond donors (Lipinski definition) is 2. The van der Waals surface area contributed by atoms with Gasteiger partial charge in [0.1, 0.15) is 11.9 Å². The predicted molar refractivity (Wildman–Crippen MR) is 129 cm³/mol. The number of halogens is 1. The van der Waals surface area contributed by atoms with Crippen LogP contribution in [0.25, 0.3) is 0 Å². The molecule has 2 saturated heterocycles. The minimum Gasteiger partial charge on any atom is -0.383 e. The lowest BCUT2D eigenvalue weighted by Gasteiger charge is -2.36. The average molecular weight is 454 g/mol. The van der Waals surface area contributed by atoms with Gasteiger partial charge in [0.15, 0.2) is 0 Å². The summed E-state index contributed by atoms with van der Waals surface area (Å²) in [4.78, 5) is 17.4. The molecule has 0 radical (unpaired) electrons. The van der Waals surface area contributed by atoms with Crippen molar-refractivity contribution >= 4 is 11.6 Å². The third-order valence-electron chi connectivity index (χ3n) is 7.00. The van der Waals surface area contributed by atoms with Crippen LogP contribution in [0.1, 0.15) is 43.2 Å². The first-order valence-corrected chi connectivity index (χ1v) is 12.3. The maximum atomic E-state index is 13.1. The van der Waals surface area contributed by atoms with Gasteiger partial charge in [-0.15, -0.1) is 0 Å². The molecule has 1 amide bonds. The van der Waals surface area contributed by atoms with Gasteiger partial charge in [0, 0.05) is 38.3 Å². The number of likely N-dealkylation sites (tertiary alicyclic amines) is 2. The van der Waals surface area contributed by atoms with Crippen LogP contribution in [-0.4, -0.2) is 59.6 Å². The van der Waals surface area contributed by atoms with Crippen LogP contribution in [0.3, 0.4) is 0 Å². The van der Waals surface area contributed by atoms with Crippen molar-refractivity contribution in [1.82, 2.24) is 9.80 Å². The van der Waals surface area contributed by atoms with Crippen LogP contribution in [0, 0.1) is 11.7 Å². The molecule has 0 saturated carbocycles. The molecule has 2 heterocycles. The molecular formula is C27H36FN3O2. The number of anilines is 1. The van der Waals surface area contributed by atoms with Crippen LogP contribution in [0.15, 0.2) is 48.5 Å². The molecule has 2 aliphatic heterocycles. The number of carbonyl (C=O) groups is 1. The SMILES string of the molecule is O=C(C(O)Cc1ccccc1NCc1ccc(F)cc1)N1CCC(CN2CCCCC2)CC1. The van der Waals surface area contributed by atoms with E-state index in [0.717, 1.165) is 49.3 Å². The zero-order valence-electron chi connectivity index (χ0n) is 19.4. The van der Waals surface area contributed by atoms with E-state index in [4.69, 9.17) is 0 Å². The fourth-order valence-corrected chi connectivity index (χ4v) is 5.02. The van der Waals surface area contributed by atoms with Crippen molar-refractivity contribution in [2.75, 3.05) is 38.0 Å². The van der Waals surface area contributed by atoms with E-state index in [1.165, 1.54) is 44.5 Å². The van der Waals surface area contributed by atoms with Gasteiger partial charge in [-0.1, -0.05) is 36.8 Å². The zero-order chi connectivity index (χ0) is 23.0. The van der Waals surface area contributed by atoms with Crippen molar-refractivity contribution < 1.29 is 14.3 Å². The van der Waals surface area contributed by atoms with Crippen molar-refractivity contribution in [3.8, 4) is 0 Å². The summed E-state index contributed by atoms with van der Waals surface area (Å²) in [5.41, 5.74) is 2.75. The number of rotatable bonds is 8. The molecule has 2 aromatic carbocycles. The van der Waals surface area contributed by atoms with E-state index in [-0.39, 0.29) is 18.1 Å². The fraction of sp³-hybridized carbons (Fsp3) is 0.519. The topological polar surface area (TPSA) is 55.8 Å².